The SMILES string of the molecule is CN(Cc1ccccc1)Cc1cc2c(=O)c(C(=O)O)cn(Cc3c(F)cccc3F)c2cc1-c1cc2ccccc2o1. The number of furan rings is 1. The number of fused-ring (bicyclic) bond motifs is 2. The molecule has 0 aliphatic heterocycles. The summed E-state index contributed by atoms with van der Waals surface area (Å²) in [7, 11) is 1.95. The van der Waals surface area contributed by atoms with Crippen molar-refractivity contribution in [3.63, 3.8) is 0 Å². The molecule has 6 nitrogen and oxygen atoms in total. The summed E-state index contributed by atoms with van der Waals surface area (Å²) < 4.78 is 37.0. The van der Waals surface area contributed by atoms with Crippen LogP contribution in [0, 0.1) is 11.6 Å². The second kappa shape index (κ2) is 11.1. The maximum absolute atomic E-state index is 14.7. The van der Waals surface area contributed by atoms with Crippen LogP contribution in [0.2, 0.25) is 0 Å². The van der Waals surface area contributed by atoms with Crippen LogP contribution in [0.15, 0.2) is 106 Å². The van der Waals surface area contributed by atoms with Gasteiger partial charge in [-0.15, -0.1) is 0 Å². The van der Waals surface area contributed by atoms with Crippen LogP contribution >= 0.6 is 0 Å². The summed E-state index contributed by atoms with van der Waals surface area (Å²) in [5.74, 6) is -2.40. The number of halogens is 2. The second-order valence-corrected chi connectivity index (χ2v) is 10.3. The van der Waals surface area contributed by atoms with Crippen molar-refractivity contribution in [3.8, 4) is 11.3 Å². The lowest BCUT2D eigenvalue weighted by Gasteiger charge is -2.20. The van der Waals surface area contributed by atoms with Crippen LogP contribution in [0.1, 0.15) is 27.0 Å². The smallest absolute Gasteiger partial charge is 0.341 e. The van der Waals surface area contributed by atoms with Crippen LogP contribution in [-0.2, 0) is 19.6 Å². The van der Waals surface area contributed by atoms with Crippen molar-refractivity contribution in [2.75, 3.05) is 7.05 Å². The fourth-order valence-corrected chi connectivity index (χ4v) is 5.34. The molecule has 42 heavy (non-hydrogen) atoms. The van der Waals surface area contributed by atoms with Gasteiger partial charge in [0.15, 0.2) is 0 Å². The Kier molecular flexibility index (Phi) is 7.14. The molecule has 2 aromatic heterocycles. The van der Waals surface area contributed by atoms with E-state index in [9.17, 15) is 23.5 Å². The number of benzene rings is 4. The van der Waals surface area contributed by atoms with Gasteiger partial charge in [0.1, 0.15) is 28.5 Å². The van der Waals surface area contributed by atoms with Crippen LogP contribution in [0.4, 0.5) is 8.78 Å². The van der Waals surface area contributed by atoms with E-state index < -0.39 is 28.6 Å². The van der Waals surface area contributed by atoms with Crippen molar-refractivity contribution in [2.24, 2.45) is 0 Å². The zero-order chi connectivity index (χ0) is 29.4. The van der Waals surface area contributed by atoms with E-state index in [1.165, 1.54) is 10.6 Å². The molecule has 0 aliphatic rings. The van der Waals surface area contributed by atoms with Gasteiger partial charge < -0.3 is 14.1 Å². The van der Waals surface area contributed by atoms with Crippen molar-refractivity contribution < 1.29 is 23.1 Å². The number of carboxylic acids is 1. The Morgan fingerprint density at radius 1 is 0.905 bits per heavy atom. The monoisotopic (exact) mass is 564 g/mol. The highest BCUT2D eigenvalue weighted by molar-refractivity contribution is 5.95. The highest BCUT2D eigenvalue weighted by atomic mass is 19.1. The summed E-state index contributed by atoms with van der Waals surface area (Å²) >= 11 is 0. The first-order chi connectivity index (χ1) is 20.3. The minimum absolute atomic E-state index is 0.134. The largest absolute Gasteiger partial charge is 0.477 e. The van der Waals surface area contributed by atoms with Gasteiger partial charge in [0.05, 0.1) is 12.1 Å². The van der Waals surface area contributed by atoms with Crippen LogP contribution in [0.3, 0.4) is 0 Å². The Hall–Kier alpha value is -5.08. The third kappa shape index (κ3) is 5.20. The predicted molar refractivity (Wildman–Crippen MR) is 157 cm³/mol. The number of rotatable bonds is 8. The molecule has 0 fully saturated rings. The third-order valence-corrected chi connectivity index (χ3v) is 7.35. The quantitative estimate of drug-likeness (QED) is 0.214. The summed E-state index contributed by atoms with van der Waals surface area (Å²) in [6, 6.07) is 26.4. The first-order valence-corrected chi connectivity index (χ1v) is 13.4. The fourth-order valence-electron chi connectivity index (χ4n) is 5.34. The molecule has 0 aliphatic carbocycles. The molecule has 6 rings (SSSR count). The maximum atomic E-state index is 14.7. The molecule has 0 radical (unpaired) electrons. The van der Waals surface area contributed by atoms with E-state index in [1.54, 1.807) is 12.1 Å². The lowest BCUT2D eigenvalue weighted by molar-refractivity contribution is 0.0695. The summed E-state index contributed by atoms with van der Waals surface area (Å²) in [5, 5.41) is 10.9. The Morgan fingerprint density at radius 3 is 2.33 bits per heavy atom. The molecule has 0 amide bonds. The van der Waals surface area contributed by atoms with E-state index in [0.717, 1.165) is 34.8 Å². The molecule has 0 atom stereocenters. The number of carboxylic acid groups (broad SMARTS) is 1. The van der Waals surface area contributed by atoms with E-state index >= 15 is 0 Å². The van der Waals surface area contributed by atoms with Crippen molar-refractivity contribution in [1.29, 1.82) is 0 Å². The van der Waals surface area contributed by atoms with Crippen molar-refractivity contribution in [1.82, 2.24) is 9.47 Å². The van der Waals surface area contributed by atoms with E-state index in [4.69, 9.17) is 4.42 Å². The number of hydrogen-bond donors (Lipinski definition) is 1. The normalized spacial score (nSPS) is 11.5. The topological polar surface area (TPSA) is 75.7 Å². The van der Waals surface area contributed by atoms with Gasteiger partial charge in [0, 0.05) is 41.2 Å². The van der Waals surface area contributed by atoms with E-state index in [2.05, 4.69) is 4.90 Å². The van der Waals surface area contributed by atoms with Gasteiger partial charge in [-0.25, -0.2) is 13.6 Å². The molecule has 1 N–H and O–H groups in total. The molecular weight excluding hydrogens is 538 g/mol. The third-order valence-electron chi connectivity index (χ3n) is 7.35. The van der Waals surface area contributed by atoms with Gasteiger partial charge in [0.25, 0.3) is 0 Å². The van der Waals surface area contributed by atoms with E-state index in [-0.39, 0.29) is 17.5 Å². The molecule has 4 aromatic carbocycles. The highest BCUT2D eigenvalue weighted by Gasteiger charge is 2.21. The molecule has 2 heterocycles. The second-order valence-electron chi connectivity index (χ2n) is 10.3. The van der Waals surface area contributed by atoms with Gasteiger partial charge in [-0.3, -0.25) is 9.69 Å². The van der Waals surface area contributed by atoms with Crippen LogP contribution in [-0.4, -0.2) is 27.6 Å². The number of nitrogens with zero attached hydrogens (tertiary/aromatic N) is 2. The first-order valence-electron chi connectivity index (χ1n) is 13.4. The number of aromatic nitrogens is 1. The van der Waals surface area contributed by atoms with Crippen molar-refractivity contribution >= 4 is 27.8 Å². The lowest BCUT2D eigenvalue weighted by Crippen LogP contribution is -2.21. The lowest BCUT2D eigenvalue weighted by atomic mass is 9.99. The minimum atomic E-state index is -1.42. The van der Waals surface area contributed by atoms with Crippen LogP contribution < -0.4 is 5.43 Å². The Balaban J connectivity index is 1.56. The molecular formula is C34H26F2N2O4. The molecule has 0 spiro atoms. The number of aromatic carboxylic acids is 1. The molecule has 0 saturated heterocycles. The number of pyridine rings is 1. The summed E-state index contributed by atoms with van der Waals surface area (Å²) in [5.41, 5.74) is 2.14. The van der Waals surface area contributed by atoms with E-state index in [1.807, 2.05) is 67.7 Å². The summed E-state index contributed by atoms with van der Waals surface area (Å²) in [6.07, 6.45) is 1.14. The molecule has 0 unspecified atom stereocenters. The average molecular weight is 565 g/mol. The molecule has 6 aromatic rings. The zero-order valence-electron chi connectivity index (χ0n) is 22.7. The predicted octanol–water partition coefficient (Wildman–Crippen LogP) is 7.07. The van der Waals surface area contributed by atoms with Crippen LogP contribution in [0.5, 0.6) is 0 Å². The molecule has 8 heteroatoms. The number of hydrogen-bond acceptors (Lipinski definition) is 4. The summed E-state index contributed by atoms with van der Waals surface area (Å²) in [4.78, 5) is 27.6. The summed E-state index contributed by atoms with van der Waals surface area (Å²) in [6.45, 7) is 0.725. The maximum Gasteiger partial charge on any atom is 0.341 e. The van der Waals surface area contributed by atoms with Gasteiger partial charge >= 0.3 is 5.97 Å². The van der Waals surface area contributed by atoms with Gasteiger partial charge in [-0.05, 0) is 54.6 Å². The minimum Gasteiger partial charge on any atom is -0.477 e. The Labute approximate surface area is 239 Å². The van der Waals surface area contributed by atoms with Gasteiger partial charge in [0.2, 0.25) is 5.43 Å². The number of para-hydroxylation sites is 1. The van der Waals surface area contributed by atoms with Crippen molar-refractivity contribution in [2.45, 2.75) is 19.6 Å². The van der Waals surface area contributed by atoms with Gasteiger partial charge in [-0.2, -0.15) is 0 Å². The average Bonchev–Trinajstić information content (AvgIpc) is 3.40. The molecule has 0 bridgehead atoms. The van der Waals surface area contributed by atoms with Crippen molar-refractivity contribution in [3.05, 3.63) is 141 Å². The van der Waals surface area contributed by atoms with Crippen LogP contribution in [0.25, 0.3) is 33.2 Å². The first kappa shape index (κ1) is 27.1. The zero-order valence-corrected chi connectivity index (χ0v) is 22.7. The van der Waals surface area contributed by atoms with E-state index in [0.29, 0.717) is 35.5 Å². The number of carbonyl (C=O) groups is 1. The highest BCUT2D eigenvalue weighted by Crippen LogP contribution is 2.34. The Morgan fingerprint density at radius 2 is 1.62 bits per heavy atom. The van der Waals surface area contributed by atoms with Gasteiger partial charge in [-0.1, -0.05) is 54.6 Å². The molecule has 210 valence electrons. The fraction of sp³-hybridized carbons (Fsp3) is 0.118. The standard InChI is InChI=1S/C34H26F2N2O4/c1-37(17-21-8-3-2-4-9-21)18-23-14-25-30(16-24(23)32-15-22-10-5-6-13-31(22)42-32)38(20-27(33(25)39)34(40)41)19-26-28(35)11-7-12-29(26)36/h2-16,20H,17-19H2,1H3,(H,40,41). The Bertz CT molecular complexity index is 1960. The molecule has 0 saturated carbocycles.